The van der Waals surface area contributed by atoms with Gasteiger partial charge in [-0.25, -0.2) is 4.79 Å². The molecule has 174 valence electrons. The molecule has 34 heavy (non-hydrogen) atoms. The van der Waals surface area contributed by atoms with Gasteiger partial charge in [0.1, 0.15) is 10.1 Å². The minimum absolute atomic E-state index is 0.126. The molecule has 0 N–H and O–H groups in total. The van der Waals surface area contributed by atoms with Crippen LogP contribution in [-0.2, 0) is 11.2 Å². The Kier molecular flexibility index (Phi) is 7.34. The van der Waals surface area contributed by atoms with Crippen LogP contribution in [0.4, 0.5) is 0 Å². The number of nitrogens with zero attached hydrogens (tertiary/aromatic N) is 1. The summed E-state index contributed by atoms with van der Waals surface area (Å²) in [4.78, 5) is 27.0. The first-order valence-corrected chi connectivity index (χ1v) is 11.5. The highest BCUT2D eigenvalue weighted by atomic mass is 32.2. The Morgan fingerprint density at radius 3 is 2.53 bits per heavy atom. The maximum absolute atomic E-state index is 12.9. The van der Waals surface area contributed by atoms with E-state index in [9.17, 15) is 9.59 Å². The van der Waals surface area contributed by atoms with Crippen LogP contribution in [0.15, 0.2) is 70.2 Å². The van der Waals surface area contributed by atoms with Crippen molar-refractivity contribution < 1.29 is 28.2 Å². The van der Waals surface area contributed by atoms with Crippen LogP contribution in [0.3, 0.4) is 0 Å². The molecule has 3 aromatic rings. The fourth-order valence-electron chi connectivity index (χ4n) is 3.31. The van der Waals surface area contributed by atoms with E-state index in [4.69, 9.17) is 30.8 Å². The molecular formula is C25H21NO6S2. The van der Waals surface area contributed by atoms with E-state index in [2.05, 4.69) is 0 Å². The molecule has 1 saturated heterocycles. The highest BCUT2D eigenvalue weighted by Gasteiger charge is 2.31. The van der Waals surface area contributed by atoms with Crippen LogP contribution >= 0.6 is 24.0 Å². The number of ether oxygens (including phenoxy) is 3. The largest absolute Gasteiger partial charge is 0.493 e. The van der Waals surface area contributed by atoms with Crippen molar-refractivity contribution >= 4 is 46.3 Å². The minimum Gasteiger partial charge on any atom is -0.493 e. The molecule has 0 saturated carbocycles. The number of carbonyl (C=O) groups excluding carboxylic acids is 2. The maximum atomic E-state index is 12.9. The van der Waals surface area contributed by atoms with Gasteiger partial charge in [0.25, 0.3) is 5.91 Å². The van der Waals surface area contributed by atoms with E-state index in [1.807, 2.05) is 18.2 Å². The van der Waals surface area contributed by atoms with Crippen LogP contribution in [0, 0.1) is 0 Å². The highest BCUT2D eigenvalue weighted by molar-refractivity contribution is 8.26. The molecule has 1 aromatic heterocycles. The Hall–Kier alpha value is -3.56. The summed E-state index contributed by atoms with van der Waals surface area (Å²) in [5, 5.41) is 0. The number of furan rings is 1. The van der Waals surface area contributed by atoms with Gasteiger partial charge < -0.3 is 18.6 Å². The molecular weight excluding hydrogens is 474 g/mol. The highest BCUT2D eigenvalue weighted by Crippen LogP contribution is 2.33. The van der Waals surface area contributed by atoms with Crippen LogP contribution in [0.5, 0.6) is 17.2 Å². The number of esters is 1. The van der Waals surface area contributed by atoms with Gasteiger partial charge in [0.15, 0.2) is 11.5 Å². The zero-order valence-corrected chi connectivity index (χ0v) is 20.1. The number of hydrogen-bond acceptors (Lipinski definition) is 8. The van der Waals surface area contributed by atoms with Gasteiger partial charge in [0.2, 0.25) is 5.76 Å². The third-order valence-electron chi connectivity index (χ3n) is 5.06. The Labute approximate surface area is 206 Å². The Morgan fingerprint density at radius 1 is 1.09 bits per heavy atom. The van der Waals surface area contributed by atoms with Gasteiger partial charge in [-0.2, -0.15) is 0 Å². The number of rotatable bonds is 8. The second kappa shape index (κ2) is 10.6. The molecule has 2 heterocycles. The van der Waals surface area contributed by atoms with Crippen molar-refractivity contribution in [1.29, 1.82) is 0 Å². The standard InChI is InChI=1S/C25H21NO6S2/c1-29-19-10-7-17(14-21(19)30-2)11-12-26-23(27)22(34-25(26)33)15-16-5-8-18(9-6-16)32-24(28)20-4-3-13-31-20/h3-10,13-15H,11-12H2,1-2H3. The SMILES string of the molecule is COc1ccc(CCN2C(=O)C(=Cc3ccc(OC(=O)c4ccco4)cc3)SC2=S)cc1OC. The second-order valence-electron chi connectivity index (χ2n) is 7.21. The molecule has 1 amide bonds. The van der Waals surface area contributed by atoms with Crippen LogP contribution in [0.25, 0.3) is 6.08 Å². The van der Waals surface area contributed by atoms with Gasteiger partial charge in [0.05, 0.1) is 25.4 Å². The monoisotopic (exact) mass is 495 g/mol. The Morgan fingerprint density at radius 2 is 1.85 bits per heavy atom. The number of thiocarbonyl (C=S) groups is 1. The summed E-state index contributed by atoms with van der Waals surface area (Å²) in [6, 6.07) is 15.7. The predicted octanol–water partition coefficient (Wildman–Crippen LogP) is 4.96. The number of thioether (sulfide) groups is 1. The molecule has 7 nitrogen and oxygen atoms in total. The van der Waals surface area contributed by atoms with Crippen LogP contribution in [0.1, 0.15) is 21.7 Å². The normalized spacial score (nSPS) is 14.5. The van der Waals surface area contributed by atoms with Gasteiger partial charge in [-0.15, -0.1) is 0 Å². The van der Waals surface area contributed by atoms with Gasteiger partial charge in [0, 0.05) is 6.54 Å². The zero-order chi connectivity index (χ0) is 24.1. The lowest BCUT2D eigenvalue weighted by Crippen LogP contribution is -2.30. The van der Waals surface area contributed by atoms with Crippen molar-refractivity contribution in [2.45, 2.75) is 6.42 Å². The summed E-state index contributed by atoms with van der Waals surface area (Å²) in [7, 11) is 3.18. The van der Waals surface area contributed by atoms with E-state index < -0.39 is 5.97 Å². The second-order valence-corrected chi connectivity index (χ2v) is 8.88. The summed E-state index contributed by atoms with van der Waals surface area (Å²) in [5.41, 5.74) is 1.80. The fraction of sp³-hybridized carbons (Fsp3) is 0.160. The fourth-order valence-corrected chi connectivity index (χ4v) is 4.61. The molecule has 0 radical (unpaired) electrons. The van der Waals surface area contributed by atoms with E-state index in [0.29, 0.717) is 39.4 Å². The number of hydrogen-bond donors (Lipinski definition) is 0. The lowest BCUT2D eigenvalue weighted by atomic mass is 10.1. The predicted molar refractivity (Wildman–Crippen MR) is 133 cm³/mol. The first-order chi connectivity index (χ1) is 16.5. The average molecular weight is 496 g/mol. The van der Waals surface area contributed by atoms with E-state index in [1.165, 1.54) is 24.1 Å². The molecule has 4 rings (SSSR count). The molecule has 0 unspecified atom stereocenters. The summed E-state index contributed by atoms with van der Waals surface area (Å²) in [6.07, 6.45) is 3.80. The van der Waals surface area contributed by atoms with Crippen molar-refractivity contribution in [1.82, 2.24) is 4.90 Å². The van der Waals surface area contributed by atoms with Crippen molar-refractivity contribution in [2.75, 3.05) is 20.8 Å². The third-order valence-corrected chi connectivity index (χ3v) is 6.43. The molecule has 0 aliphatic carbocycles. The number of benzene rings is 2. The smallest absolute Gasteiger partial charge is 0.379 e. The average Bonchev–Trinajstić information content (AvgIpc) is 3.48. The van der Waals surface area contributed by atoms with E-state index in [-0.39, 0.29) is 11.7 Å². The summed E-state index contributed by atoms with van der Waals surface area (Å²) >= 11 is 6.70. The summed E-state index contributed by atoms with van der Waals surface area (Å²) in [5.74, 6) is 1.09. The van der Waals surface area contributed by atoms with Crippen LogP contribution in [-0.4, -0.2) is 41.9 Å². The van der Waals surface area contributed by atoms with E-state index in [1.54, 1.807) is 55.5 Å². The molecule has 0 bridgehead atoms. The molecule has 0 spiro atoms. The van der Waals surface area contributed by atoms with Crippen molar-refractivity contribution in [2.24, 2.45) is 0 Å². The zero-order valence-electron chi connectivity index (χ0n) is 18.5. The minimum atomic E-state index is -0.576. The van der Waals surface area contributed by atoms with Crippen LogP contribution in [0.2, 0.25) is 0 Å². The van der Waals surface area contributed by atoms with Crippen LogP contribution < -0.4 is 14.2 Å². The molecule has 1 aliphatic rings. The number of amides is 1. The van der Waals surface area contributed by atoms with Gasteiger partial charge >= 0.3 is 5.97 Å². The first-order valence-electron chi connectivity index (χ1n) is 10.3. The maximum Gasteiger partial charge on any atom is 0.379 e. The van der Waals surface area contributed by atoms with Crippen molar-refractivity contribution in [3.63, 3.8) is 0 Å². The lowest BCUT2D eigenvalue weighted by Gasteiger charge is -2.15. The van der Waals surface area contributed by atoms with Crippen molar-refractivity contribution in [3.05, 3.63) is 82.7 Å². The molecule has 1 aliphatic heterocycles. The molecule has 1 fully saturated rings. The number of methoxy groups -OCH3 is 2. The Balaban J connectivity index is 1.39. The Bertz CT molecular complexity index is 1230. The van der Waals surface area contributed by atoms with E-state index >= 15 is 0 Å². The van der Waals surface area contributed by atoms with Crippen molar-refractivity contribution in [3.8, 4) is 17.2 Å². The first kappa shape index (κ1) is 23.6. The molecule has 0 atom stereocenters. The topological polar surface area (TPSA) is 78.2 Å². The van der Waals surface area contributed by atoms with E-state index in [0.717, 1.165) is 11.1 Å². The quantitative estimate of drug-likeness (QED) is 0.188. The third kappa shape index (κ3) is 5.32. The summed E-state index contributed by atoms with van der Waals surface area (Å²) < 4.78 is 21.4. The van der Waals surface area contributed by atoms with Gasteiger partial charge in [-0.3, -0.25) is 9.69 Å². The number of carbonyl (C=O) groups is 2. The lowest BCUT2D eigenvalue weighted by molar-refractivity contribution is -0.122. The molecule has 2 aromatic carbocycles. The van der Waals surface area contributed by atoms with Gasteiger partial charge in [-0.05, 0) is 60.0 Å². The molecule has 9 heteroatoms. The van der Waals surface area contributed by atoms with Gasteiger partial charge in [-0.1, -0.05) is 42.2 Å². The summed E-state index contributed by atoms with van der Waals surface area (Å²) in [6.45, 7) is 0.457.